The largest absolute Gasteiger partial charge is 0.394 e. The number of carbonyl (C=O) groups excluding carboxylic acids is 1. The van der Waals surface area contributed by atoms with Crippen LogP contribution in [-0.4, -0.2) is 68.2 Å². The average Bonchev–Trinajstić information content (AvgIpc) is 2.52. The summed E-state index contributed by atoms with van der Waals surface area (Å²) in [4.78, 5) is 12.1. The first-order valence-corrected chi connectivity index (χ1v) is 5.49. The highest BCUT2D eigenvalue weighted by molar-refractivity contribution is 5.88. The summed E-state index contributed by atoms with van der Waals surface area (Å²) in [5.41, 5.74) is -1.64. The molecule has 2 rings (SSSR count). The lowest BCUT2D eigenvalue weighted by molar-refractivity contribution is -0.153. The van der Waals surface area contributed by atoms with Crippen molar-refractivity contribution in [1.29, 1.82) is 0 Å². The molecule has 0 spiro atoms. The minimum atomic E-state index is -1.64. The van der Waals surface area contributed by atoms with Crippen LogP contribution in [0.4, 0.5) is 0 Å². The SMILES string of the molecule is C[C@]1(O)[C@@H](CO)O[C@@H](N2C=CC(=O)NC2O)[C@@H]1O. The van der Waals surface area contributed by atoms with E-state index in [4.69, 9.17) is 9.84 Å². The van der Waals surface area contributed by atoms with E-state index in [2.05, 4.69) is 5.32 Å². The van der Waals surface area contributed by atoms with Gasteiger partial charge in [0, 0.05) is 12.3 Å². The first kappa shape index (κ1) is 13.2. The van der Waals surface area contributed by atoms with Crippen molar-refractivity contribution in [3.05, 3.63) is 12.3 Å². The number of rotatable bonds is 2. The summed E-state index contributed by atoms with van der Waals surface area (Å²) in [5.74, 6) is -0.475. The fraction of sp³-hybridized carbons (Fsp3) is 0.700. The molecule has 0 aromatic carbocycles. The molecule has 102 valence electrons. The first-order valence-electron chi connectivity index (χ1n) is 5.49. The van der Waals surface area contributed by atoms with E-state index in [9.17, 15) is 20.1 Å². The lowest BCUT2D eigenvalue weighted by Crippen LogP contribution is -2.56. The normalized spacial score (nSPS) is 44.3. The van der Waals surface area contributed by atoms with Gasteiger partial charge in [0.25, 0.3) is 0 Å². The van der Waals surface area contributed by atoms with E-state index >= 15 is 0 Å². The number of nitrogens with zero attached hydrogens (tertiary/aromatic N) is 1. The van der Waals surface area contributed by atoms with Gasteiger partial charge in [-0.1, -0.05) is 0 Å². The van der Waals surface area contributed by atoms with E-state index in [0.717, 1.165) is 11.0 Å². The van der Waals surface area contributed by atoms with E-state index in [-0.39, 0.29) is 0 Å². The Balaban J connectivity index is 2.20. The summed E-state index contributed by atoms with van der Waals surface area (Å²) in [6, 6.07) is 0. The monoisotopic (exact) mass is 260 g/mol. The zero-order valence-electron chi connectivity index (χ0n) is 9.72. The number of ether oxygens (including phenoxy) is 1. The van der Waals surface area contributed by atoms with Gasteiger partial charge in [-0.15, -0.1) is 0 Å². The Morgan fingerprint density at radius 2 is 2.22 bits per heavy atom. The van der Waals surface area contributed by atoms with E-state index in [1.54, 1.807) is 0 Å². The Bertz CT molecular complexity index is 371. The van der Waals surface area contributed by atoms with Gasteiger partial charge in [-0.25, -0.2) is 0 Å². The molecule has 2 aliphatic heterocycles. The number of aliphatic hydroxyl groups excluding tert-OH is 3. The van der Waals surface area contributed by atoms with Crippen molar-refractivity contribution in [2.75, 3.05) is 6.61 Å². The topological polar surface area (TPSA) is 122 Å². The molecule has 1 fully saturated rings. The number of hydrogen-bond donors (Lipinski definition) is 5. The minimum Gasteiger partial charge on any atom is -0.394 e. The van der Waals surface area contributed by atoms with Gasteiger partial charge in [-0.05, 0) is 6.92 Å². The molecule has 8 nitrogen and oxygen atoms in total. The van der Waals surface area contributed by atoms with Crippen LogP contribution in [0.5, 0.6) is 0 Å². The number of nitrogens with one attached hydrogen (secondary N) is 1. The van der Waals surface area contributed by atoms with Gasteiger partial charge in [-0.3, -0.25) is 4.79 Å². The Morgan fingerprint density at radius 3 is 2.72 bits per heavy atom. The molecule has 18 heavy (non-hydrogen) atoms. The van der Waals surface area contributed by atoms with Crippen molar-refractivity contribution in [3.63, 3.8) is 0 Å². The minimum absolute atomic E-state index is 0.472. The van der Waals surface area contributed by atoms with Gasteiger partial charge in [0.15, 0.2) is 6.23 Å². The Hall–Kier alpha value is -1.19. The maximum atomic E-state index is 11.0. The molecule has 0 bridgehead atoms. The van der Waals surface area contributed by atoms with Gasteiger partial charge in [-0.2, -0.15) is 0 Å². The quantitative estimate of drug-likeness (QED) is 0.359. The molecule has 0 aromatic rings. The lowest BCUT2D eigenvalue weighted by Gasteiger charge is -2.35. The zero-order chi connectivity index (χ0) is 13.5. The van der Waals surface area contributed by atoms with Gasteiger partial charge in [0.1, 0.15) is 17.8 Å². The van der Waals surface area contributed by atoms with Crippen molar-refractivity contribution >= 4 is 5.91 Å². The van der Waals surface area contributed by atoms with Crippen molar-refractivity contribution < 1.29 is 30.0 Å². The maximum Gasteiger partial charge on any atom is 0.248 e. The molecule has 5 atom stereocenters. The van der Waals surface area contributed by atoms with Crippen LogP contribution < -0.4 is 5.32 Å². The third kappa shape index (κ3) is 1.98. The van der Waals surface area contributed by atoms with Gasteiger partial charge >= 0.3 is 0 Å². The van der Waals surface area contributed by atoms with Crippen LogP contribution in [0.1, 0.15) is 6.92 Å². The van der Waals surface area contributed by atoms with Gasteiger partial charge in [0.2, 0.25) is 12.3 Å². The summed E-state index contributed by atoms with van der Waals surface area (Å²) < 4.78 is 5.30. The smallest absolute Gasteiger partial charge is 0.248 e. The lowest BCUT2D eigenvalue weighted by atomic mass is 9.95. The molecule has 0 saturated carbocycles. The first-order chi connectivity index (χ1) is 8.37. The van der Waals surface area contributed by atoms with Crippen LogP contribution in [0.25, 0.3) is 0 Å². The Morgan fingerprint density at radius 1 is 1.56 bits per heavy atom. The summed E-state index contributed by atoms with van der Waals surface area (Å²) in [7, 11) is 0. The molecule has 1 amide bonds. The van der Waals surface area contributed by atoms with E-state index in [1.165, 1.54) is 13.1 Å². The zero-order valence-corrected chi connectivity index (χ0v) is 9.72. The predicted molar refractivity (Wildman–Crippen MR) is 57.5 cm³/mol. The molecule has 5 N–H and O–H groups in total. The van der Waals surface area contributed by atoms with E-state index in [0.29, 0.717) is 0 Å². The Kier molecular flexibility index (Phi) is 3.30. The second kappa shape index (κ2) is 4.48. The third-order valence-corrected chi connectivity index (χ3v) is 3.24. The highest BCUT2D eigenvalue weighted by atomic mass is 16.6. The summed E-state index contributed by atoms with van der Waals surface area (Å²) >= 11 is 0. The molecule has 0 aliphatic carbocycles. The summed E-state index contributed by atoms with van der Waals surface area (Å²) in [5, 5.41) is 40.9. The molecule has 2 heterocycles. The fourth-order valence-corrected chi connectivity index (χ4v) is 2.03. The van der Waals surface area contributed by atoms with Crippen molar-refractivity contribution in [3.8, 4) is 0 Å². The second-order valence-corrected chi connectivity index (χ2v) is 4.51. The fourth-order valence-electron chi connectivity index (χ4n) is 2.03. The number of amides is 1. The standard InChI is InChI=1S/C10H16N2O6/c1-10(17)5(4-13)18-8(7(10)15)12-3-2-6(14)11-9(12)16/h2-3,5,7-9,13,15-17H,4H2,1H3,(H,11,14)/t5-,7+,8-,9?,10+/m1/s1. The molecular formula is C10H16N2O6. The van der Waals surface area contributed by atoms with Crippen molar-refractivity contribution in [2.24, 2.45) is 0 Å². The summed E-state index contributed by atoms with van der Waals surface area (Å²) in [6.07, 6.45) is -2.34. The van der Waals surface area contributed by atoms with Crippen LogP contribution in [0.2, 0.25) is 0 Å². The third-order valence-electron chi connectivity index (χ3n) is 3.24. The average molecular weight is 260 g/mol. The van der Waals surface area contributed by atoms with Crippen LogP contribution in [-0.2, 0) is 9.53 Å². The molecule has 1 saturated heterocycles. The molecular weight excluding hydrogens is 244 g/mol. The number of carbonyl (C=O) groups is 1. The van der Waals surface area contributed by atoms with E-state index < -0.39 is 42.9 Å². The van der Waals surface area contributed by atoms with Crippen molar-refractivity contribution in [1.82, 2.24) is 10.2 Å². The number of aliphatic hydroxyl groups is 4. The molecule has 0 radical (unpaired) electrons. The van der Waals surface area contributed by atoms with Gasteiger partial charge < -0.3 is 35.4 Å². The predicted octanol–water partition coefficient (Wildman–Crippen LogP) is -2.96. The highest BCUT2D eigenvalue weighted by Gasteiger charge is 2.54. The van der Waals surface area contributed by atoms with Crippen LogP contribution in [0.15, 0.2) is 12.3 Å². The van der Waals surface area contributed by atoms with Gasteiger partial charge in [0.05, 0.1) is 6.61 Å². The molecule has 1 unspecified atom stereocenters. The highest BCUT2D eigenvalue weighted by Crippen LogP contribution is 2.33. The van der Waals surface area contributed by atoms with Crippen LogP contribution >= 0.6 is 0 Å². The molecule has 0 aromatic heterocycles. The molecule has 8 heteroatoms. The van der Waals surface area contributed by atoms with Crippen LogP contribution in [0, 0.1) is 0 Å². The maximum absolute atomic E-state index is 11.0. The van der Waals surface area contributed by atoms with E-state index in [1.807, 2.05) is 0 Å². The number of hydrogen-bond acceptors (Lipinski definition) is 7. The van der Waals surface area contributed by atoms with Crippen molar-refractivity contribution in [2.45, 2.75) is 37.3 Å². The second-order valence-electron chi connectivity index (χ2n) is 4.51. The summed E-state index contributed by atoms with van der Waals surface area (Å²) in [6.45, 7) is 0.859. The molecule has 2 aliphatic rings. The Labute approximate surface area is 103 Å². The van der Waals surface area contributed by atoms with Crippen LogP contribution in [0.3, 0.4) is 0 Å².